The van der Waals surface area contributed by atoms with Crippen LogP contribution in [0.15, 0.2) is 24.5 Å². The summed E-state index contributed by atoms with van der Waals surface area (Å²) in [5.41, 5.74) is -0.734. The Morgan fingerprint density at radius 2 is 2.38 bits per heavy atom. The Kier molecular flexibility index (Phi) is 4.43. The zero-order valence-electron chi connectivity index (χ0n) is 9.64. The quantitative estimate of drug-likeness (QED) is 0.751. The summed E-state index contributed by atoms with van der Waals surface area (Å²) in [5, 5.41) is 9.23. The molecule has 1 N–H and O–H groups in total. The van der Waals surface area contributed by atoms with Crippen LogP contribution < -0.4 is 0 Å². The summed E-state index contributed by atoms with van der Waals surface area (Å²) in [7, 11) is 0. The second-order valence-corrected chi connectivity index (χ2v) is 3.78. The number of ether oxygens (including phenoxy) is 1. The average Bonchev–Trinajstić information content (AvgIpc) is 2.30. The number of pyridine rings is 1. The molecule has 4 heteroatoms. The van der Waals surface area contributed by atoms with E-state index < -0.39 is 11.6 Å². The van der Waals surface area contributed by atoms with E-state index in [4.69, 9.17) is 4.74 Å². The number of nitrogens with zero attached hydrogens (tertiary/aromatic N) is 1. The van der Waals surface area contributed by atoms with Gasteiger partial charge in [-0.3, -0.25) is 4.98 Å². The molecule has 0 fully saturated rings. The van der Waals surface area contributed by atoms with Crippen LogP contribution in [0.3, 0.4) is 0 Å². The third-order valence-electron chi connectivity index (χ3n) is 2.51. The van der Waals surface area contributed by atoms with Gasteiger partial charge in [0.15, 0.2) is 5.60 Å². The fourth-order valence-corrected chi connectivity index (χ4v) is 1.33. The van der Waals surface area contributed by atoms with Crippen LogP contribution in [0.25, 0.3) is 0 Å². The van der Waals surface area contributed by atoms with Crippen molar-refractivity contribution in [1.82, 2.24) is 4.98 Å². The van der Waals surface area contributed by atoms with Gasteiger partial charge in [-0.15, -0.1) is 0 Å². The van der Waals surface area contributed by atoms with Crippen molar-refractivity contribution >= 4 is 5.97 Å². The van der Waals surface area contributed by atoms with E-state index in [2.05, 4.69) is 4.98 Å². The topological polar surface area (TPSA) is 59.4 Å². The summed E-state index contributed by atoms with van der Waals surface area (Å²) in [4.78, 5) is 15.2. The Bertz CT molecular complexity index is 339. The molecule has 1 atom stereocenters. The largest absolute Gasteiger partial charge is 0.479 e. The van der Waals surface area contributed by atoms with Crippen LogP contribution >= 0.6 is 0 Å². The van der Waals surface area contributed by atoms with Crippen LogP contribution in [0.4, 0.5) is 0 Å². The van der Waals surface area contributed by atoms with Gasteiger partial charge in [0, 0.05) is 24.6 Å². The fraction of sp³-hybridized carbons (Fsp3) is 0.500. The molecule has 0 aliphatic heterocycles. The number of carboxylic acid groups (broad SMARTS) is 1. The maximum atomic E-state index is 11.3. The van der Waals surface area contributed by atoms with Gasteiger partial charge in [-0.2, -0.15) is 0 Å². The SMILES string of the molecule is CCCCOC(C)(C(=O)O)c1cccnc1. The van der Waals surface area contributed by atoms with Crippen molar-refractivity contribution < 1.29 is 14.6 Å². The third-order valence-corrected chi connectivity index (χ3v) is 2.51. The van der Waals surface area contributed by atoms with Crippen molar-refractivity contribution in [3.63, 3.8) is 0 Å². The number of carboxylic acids is 1. The smallest absolute Gasteiger partial charge is 0.340 e. The monoisotopic (exact) mass is 223 g/mol. The molecule has 1 rings (SSSR count). The van der Waals surface area contributed by atoms with E-state index in [-0.39, 0.29) is 0 Å². The lowest BCUT2D eigenvalue weighted by Gasteiger charge is -2.25. The van der Waals surface area contributed by atoms with Crippen LogP contribution in [-0.4, -0.2) is 22.7 Å². The van der Waals surface area contributed by atoms with E-state index in [1.807, 2.05) is 6.92 Å². The van der Waals surface area contributed by atoms with Crippen LogP contribution in [0.5, 0.6) is 0 Å². The van der Waals surface area contributed by atoms with E-state index in [9.17, 15) is 9.90 Å². The Labute approximate surface area is 95.3 Å². The maximum absolute atomic E-state index is 11.3. The molecular formula is C12H17NO3. The molecule has 0 amide bonds. The van der Waals surface area contributed by atoms with Crippen molar-refractivity contribution in [2.45, 2.75) is 32.3 Å². The maximum Gasteiger partial charge on any atom is 0.340 e. The van der Waals surface area contributed by atoms with Gasteiger partial charge in [-0.1, -0.05) is 19.4 Å². The Balaban J connectivity index is 2.85. The first-order valence-electron chi connectivity index (χ1n) is 5.39. The molecule has 0 spiro atoms. The molecule has 88 valence electrons. The molecule has 0 bridgehead atoms. The lowest BCUT2D eigenvalue weighted by Crippen LogP contribution is -2.36. The van der Waals surface area contributed by atoms with E-state index in [0.29, 0.717) is 12.2 Å². The number of rotatable bonds is 6. The molecule has 0 radical (unpaired) electrons. The van der Waals surface area contributed by atoms with E-state index >= 15 is 0 Å². The number of hydrogen-bond donors (Lipinski definition) is 1. The molecule has 1 heterocycles. The van der Waals surface area contributed by atoms with Gasteiger partial charge in [0.25, 0.3) is 0 Å². The van der Waals surface area contributed by atoms with Gasteiger partial charge in [0.2, 0.25) is 0 Å². The highest BCUT2D eigenvalue weighted by atomic mass is 16.5. The van der Waals surface area contributed by atoms with Gasteiger partial charge >= 0.3 is 5.97 Å². The molecule has 0 saturated heterocycles. The number of aliphatic carboxylic acids is 1. The highest BCUT2D eigenvalue weighted by Gasteiger charge is 2.36. The highest BCUT2D eigenvalue weighted by molar-refractivity contribution is 5.78. The molecule has 16 heavy (non-hydrogen) atoms. The molecule has 0 aromatic carbocycles. The first-order chi connectivity index (χ1) is 7.61. The second-order valence-electron chi connectivity index (χ2n) is 3.78. The molecule has 1 unspecified atom stereocenters. The second kappa shape index (κ2) is 5.61. The average molecular weight is 223 g/mol. The molecule has 0 aliphatic carbocycles. The predicted molar refractivity (Wildman–Crippen MR) is 60.1 cm³/mol. The molecule has 0 aliphatic rings. The van der Waals surface area contributed by atoms with Gasteiger partial charge in [-0.25, -0.2) is 4.79 Å². The first-order valence-corrected chi connectivity index (χ1v) is 5.39. The Morgan fingerprint density at radius 3 is 2.88 bits per heavy atom. The lowest BCUT2D eigenvalue weighted by molar-refractivity contribution is -0.165. The number of carbonyl (C=O) groups is 1. The van der Waals surface area contributed by atoms with Crippen molar-refractivity contribution in [1.29, 1.82) is 0 Å². The van der Waals surface area contributed by atoms with E-state index in [1.165, 1.54) is 6.20 Å². The molecule has 1 aromatic rings. The van der Waals surface area contributed by atoms with Gasteiger partial charge in [0.1, 0.15) is 0 Å². The van der Waals surface area contributed by atoms with Crippen LogP contribution in [0.1, 0.15) is 32.3 Å². The normalized spacial score (nSPS) is 14.4. The third kappa shape index (κ3) is 2.79. The van der Waals surface area contributed by atoms with Gasteiger partial charge in [-0.05, 0) is 19.4 Å². The Morgan fingerprint density at radius 1 is 1.62 bits per heavy atom. The minimum absolute atomic E-state index is 0.439. The van der Waals surface area contributed by atoms with E-state index in [0.717, 1.165) is 12.8 Å². The molecule has 0 saturated carbocycles. The highest BCUT2D eigenvalue weighted by Crippen LogP contribution is 2.25. The van der Waals surface area contributed by atoms with Crippen molar-refractivity contribution in [3.8, 4) is 0 Å². The zero-order valence-corrected chi connectivity index (χ0v) is 9.64. The summed E-state index contributed by atoms with van der Waals surface area (Å²) in [6.45, 7) is 4.03. The van der Waals surface area contributed by atoms with Crippen LogP contribution in [-0.2, 0) is 15.1 Å². The van der Waals surface area contributed by atoms with Crippen molar-refractivity contribution in [2.24, 2.45) is 0 Å². The summed E-state index contributed by atoms with van der Waals surface area (Å²) in [6, 6.07) is 3.42. The van der Waals surface area contributed by atoms with Crippen LogP contribution in [0.2, 0.25) is 0 Å². The minimum Gasteiger partial charge on any atom is -0.479 e. The van der Waals surface area contributed by atoms with E-state index in [1.54, 1.807) is 25.3 Å². The summed E-state index contributed by atoms with van der Waals surface area (Å²) in [5.74, 6) is -0.989. The minimum atomic E-state index is -1.30. The summed E-state index contributed by atoms with van der Waals surface area (Å²) >= 11 is 0. The van der Waals surface area contributed by atoms with Crippen molar-refractivity contribution in [3.05, 3.63) is 30.1 Å². The zero-order chi connectivity index (χ0) is 12.0. The van der Waals surface area contributed by atoms with Gasteiger partial charge < -0.3 is 9.84 Å². The summed E-state index contributed by atoms with van der Waals surface area (Å²) in [6.07, 6.45) is 4.96. The van der Waals surface area contributed by atoms with Crippen molar-refractivity contribution in [2.75, 3.05) is 6.61 Å². The molecule has 1 aromatic heterocycles. The lowest BCUT2D eigenvalue weighted by atomic mass is 9.98. The first kappa shape index (κ1) is 12.6. The number of aromatic nitrogens is 1. The standard InChI is InChI=1S/C12H17NO3/c1-3-4-8-16-12(2,11(14)15)10-6-5-7-13-9-10/h5-7,9H,3-4,8H2,1-2H3,(H,14,15). The molecule has 4 nitrogen and oxygen atoms in total. The fourth-order valence-electron chi connectivity index (χ4n) is 1.33. The summed E-state index contributed by atoms with van der Waals surface area (Å²) < 4.78 is 5.48. The predicted octanol–water partition coefficient (Wildman–Crippen LogP) is 2.20. The number of unbranched alkanes of at least 4 members (excludes halogenated alkanes) is 1. The Hall–Kier alpha value is -1.42. The van der Waals surface area contributed by atoms with Crippen LogP contribution in [0, 0.1) is 0 Å². The van der Waals surface area contributed by atoms with Gasteiger partial charge in [0.05, 0.1) is 0 Å². The molecular weight excluding hydrogens is 206 g/mol. The number of hydrogen-bond acceptors (Lipinski definition) is 3.